The summed E-state index contributed by atoms with van der Waals surface area (Å²) in [6.07, 6.45) is 5.67. The summed E-state index contributed by atoms with van der Waals surface area (Å²) in [6.45, 7) is 6.03. The Hall–Kier alpha value is -1.22. The Labute approximate surface area is 132 Å². The lowest BCUT2D eigenvalue weighted by Crippen LogP contribution is -2.11. The molecule has 0 aliphatic heterocycles. The van der Waals surface area contributed by atoms with Gasteiger partial charge >= 0.3 is 5.97 Å². The van der Waals surface area contributed by atoms with Gasteiger partial charge in [0.05, 0.1) is 0 Å². The van der Waals surface area contributed by atoms with Crippen LogP contribution in [0.3, 0.4) is 0 Å². The van der Waals surface area contributed by atoms with Gasteiger partial charge < -0.3 is 9.84 Å². The monoisotopic (exact) mass is 312 g/mol. The van der Waals surface area contributed by atoms with Crippen molar-refractivity contribution in [1.29, 1.82) is 0 Å². The fraction of sp³-hybridized carbons (Fsp3) is 0.588. The van der Waals surface area contributed by atoms with E-state index in [0.29, 0.717) is 11.7 Å². The molecule has 0 aromatic heterocycles. The first kappa shape index (κ1) is 17.8. The Kier molecular flexibility index (Phi) is 7.58. The van der Waals surface area contributed by atoms with Gasteiger partial charge in [-0.25, -0.2) is 4.79 Å². The van der Waals surface area contributed by atoms with E-state index < -0.39 is 5.97 Å². The predicted octanol–water partition coefficient (Wildman–Crippen LogP) is 4.87. The minimum absolute atomic E-state index is 0.324. The number of unbranched alkanes of at least 4 members (excludes halogenated alkanes) is 1. The molecule has 3 nitrogen and oxygen atoms in total. The topological polar surface area (TPSA) is 46.5 Å². The van der Waals surface area contributed by atoms with Gasteiger partial charge in [-0.3, -0.25) is 0 Å². The summed E-state index contributed by atoms with van der Waals surface area (Å²) in [5.41, 5.74) is 2.04. The first-order valence-electron chi connectivity index (χ1n) is 7.62. The van der Waals surface area contributed by atoms with Crippen LogP contribution in [-0.4, -0.2) is 17.7 Å². The molecule has 1 unspecified atom stereocenters. The van der Waals surface area contributed by atoms with E-state index in [-0.39, 0.29) is 6.61 Å². The van der Waals surface area contributed by atoms with E-state index in [1.54, 1.807) is 12.1 Å². The third-order valence-electron chi connectivity index (χ3n) is 3.88. The van der Waals surface area contributed by atoms with E-state index in [1.165, 1.54) is 19.3 Å². The highest BCUT2D eigenvalue weighted by molar-refractivity contribution is 6.31. The summed E-state index contributed by atoms with van der Waals surface area (Å²) in [5.74, 6) is 0.248. The number of ether oxygens (including phenoxy) is 1. The lowest BCUT2D eigenvalue weighted by Gasteiger charge is -2.19. The molecule has 1 aromatic rings. The Balaban J connectivity index is 2.89. The number of carboxylic acid groups (broad SMARTS) is 1. The van der Waals surface area contributed by atoms with Crippen LogP contribution in [0.2, 0.25) is 5.02 Å². The zero-order chi connectivity index (χ0) is 15.8. The van der Waals surface area contributed by atoms with Crippen LogP contribution < -0.4 is 4.74 Å². The Morgan fingerprint density at radius 3 is 2.67 bits per heavy atom. The van der Waals surface area contributed by atoms with Crippen molar-refractivity contribution in [3.05, 3.63) is 28.3 Å². The maximum absolute atomic E-state index is 10.6. The minimum atomic E-state index is -0.972. The molecule has 1 N–H and O–H groups in total. The maximum atomic E-state index is 10.6. The summed E-state index contributed by atoms with van der Waals surface area (Å²) in [5, 5.41) is 9.46. The van der Waals surface area contributed by atoms with E-state index in [2.05, 4.69) is 13.8 Å². The standard InChI is InChI=1S/C17H25ClO3/c1-4-6-7-13(5-2)10-14-12(3)16(9-8-15(14)18)21-11-17(19)20/h8-9,13H,4-7,10-11H2,1-3H3,(H,19,20). The zero-order valence-electron chi connectivity index (χ0n) is 13.1. The number of hydrogen-bond acceptors (Lipinski definition) is 2. The van der Waals surface area contributed by atoms with Crippen molar-refractivity contribution in [2.75, 3.05) is 6.61 Å². The molecule has 1 rings (SSSR count). The molecule has 0 aliphatic rings. The molecule has 0 heterocycles. The number of carbonyl (C=O) groups is 1. The Morgan fingerprint density at radius 2 is 2.10 bits per heavy atom. The lowest BCUT2D eigenvalue weighted by molar-refractivity contribution is -0.139. The van der Waals surface area contributed by atoms with Crippen molar-refractivity contribution in [2.45, 2.75) is 52.9 Å². The quantitative estimate of drug-likeness (QED) is 0.707. The summed E-state index contributed by atoms with van der Waals surface area (Å²) in [7, 11) is 0. The number of rotatable bonds is 9. The Bertz CT molecular complexity index is 471. The normalized spacial score (nSPS) is 12.2. The smallest absolute Gasteiger partial charge is 0.341 e. The van der Waals surface area contributed by atoms with Gasteiger partial charge in [-0.1, -0.05) is 51.1 Å². The van der Waals surface area contributed by atoms with Crippen LogP contribution >= 0.6 is 11.6 Å². The number of hydrogen-bond donors (Lipinski definition) is 1. The second kappa shape index (κ2) is 8.93. The van der Waals surface area contributed by atoms with Crippen molar-refractivity contribution >= 4 is 17.6 Å². The molecule has 0 saturated carbocycles. The minimum Gasteiger partial charge on any atom is -0.482 e. The first-order valence-corrected chi connectivity index (χ1v) is 7.99. The van der Waals surface area contributed by atoms with Gasteiger partial charge in [-0.15, -0.1) is 0 Å². The van der Waals surface area contributed by atoms with Crippen LogP contribution in [-0.2, 0) is 11.2 Å². The van der Waals surface area contributed by atoms with Crippen molar-refractivity contribution in [2.24, 2.45) is 5.92 Å². The van der Waals surface area contributed by atoms with E-state index in [0.717, 1.165) is 29.0 Å². The third kappa shape index (κ3) is 5.58. The lowest BCUT2D eigenvalue weighted by atomic mass is 9.90. The van der Waals surface area contributed by atoms with Crippen molar-refractivity contribution < 1.29 is 14.6 Å². The summed E-state index contributed by atoms with van der Waals surface area (Å²) in [4.78, 5) is 10.6. The second-order valence-electron chi connectivity index (χ2n) is 5.45. The van der Waals surface area contributed by atoms with Crippen LogP contribution in [0.1, 0.15) is 50.7 Å². The Morgan fingerprint density at radius 1 is 1.38 bits per heavy atom. The van der Waals surface area contributed by atoms with Gasteiger partial charge in [0.25, 0.3) is 0 Å². The average Bonchev–Trinajstić information content (AvgIpc) is 2.45. The highest BCUT2D eigenvalue weighted by Crippen LogP contribution is 2.31. The SMILES string of the molecule is CCCCC(CC)Cc1c(Cl)ccc(OCC(=O)O)c1C. The molecule has 0 aliphatic carbocycles. The molecule has 0 spiro atoms. The third-order valence-corrected chi connectivity index (χ3v) is 4.23. The maximum Gasteiger partial charge on any atom is 0.341 e. The largest absolute Gasteiger partial charge is 0.482 e. The highest BCUT2D eigenvalue weighted by Gasteiger charge is 2.15. The van der Waals surface area contributed by atoms with Gasteiger partial charge in [-0.05, 0) is 42.5 Å². The van der Waals surface area contributed by atoms with Gasteiger partial charge in [-0.2, -0.15) is 0 Å². The number of aliphatic carboxylic acids is 1. The molecular formula is C17H25ClO3. The molecule has 0 amide bonds. The number of benzene rings is 1. The summed E-state index contributed by atoms with van der Waals surface area (Å²) < 4.78 is 5.33. The molecule has 0 bridgehead atoms. The summed E-state index contributed by atoms with van der Waals surface area (Å²) >= 11 is 6.33. The molecule has 118 valence electrons. The molecule has 1 aromatic carbocycles. The molecule has 1 atom stereocenters. The summed E-state index contributed by atoms with van der Waals surface area (Å²) in [6, 6.07) is 3.55. The molecule has 0 fully saturated rings. The van der Waals surface area contributed by atoms with Gasteiger partial charge in [0.15, 0.2) is 6.61 Å². The molecule has 0 saturated heterocycles. The van der Waals surface area contributed by atoms with Crippen molar-refractivity contribution in [3.63, 3.8) is 0 Å². The first-order chi connectivity index (χ1) is 9.99. The molecule has 4 heteroatoms. The van der Waals surface area contributed by atoms with E-state index in [1.807, 2.05) is 6.92 Å². The van der Waals surface area contributed by atoms with Gasteiger partial charge in [0.1, 0.15) is 5.75 Å². The predicted molar refractivity (Wildman–Crippen MR) is 86.3 cm³/mol. The molecule has 0 radical (unpaired) electrons. The van der Waals surface area contributed by atoms with Gasteiger partial charge in [0.2, 0.25) is 0 Å². The van der Waals surface area contributed by atoms with E-state index >= 15 is 0 Å². The fourth-order valence-electron chi connectivity index (χ4n) is 2.48. The van der Waals surface area contributed by atoms with Crippen molar-refractivity contribution in [1.82, 2.24) is 0 Å². The molecule has 21 heavy (non-hydrogen) atoms. The average molecular weight is 313 g/mol. The highest BCUT2D eigenvalue weighted by atomic mass is 35.5. The van der Waals surface area contributed by atoms with Crippen LogP contribution in [0.15, 0.2) is 12.1 Å². The van der Waals surface area contributed by atoms with Crippen LogP contribution in [0, 0.1) is 12.8 Å². The van der Waals surface area contributed by atoms with Gasteiger partial charge in [0, 0.05) is 5.02 Å². The van der Waals surface area contributed by atoms with E-state index in [4.69, 9.17) is 21.4 Å². The second-order valence-corrected chi connectivity index (χ2v) is 5.86. The van der Waals surface area contributed by atoms with Crippen molar-refractivity contribution in [3.8, 4) is 5.75 Å². The van der Waals surface area contributed by atoms with E-state index in [9.17, 15) is 4.79 Å². The fourth-order valence-corrected chi connectivity index (χ4v) is 2.76. The van der Waals surface area contributed by atoms with Crippen LogP contribution in [0.5, 0.6) is 5.75 Å². The van der Waals surface area contributed by atoms with Crippen LogP contribution in [0.25, 0.3) is 0 Å². The number of carboxylic acids is 1. The zero-order valence-corrected chi connectivity index (χ0v) is 13.9. The number of halogens is 1. The van der Waals surface area contributed by atoms with Crippen LogP contribution in [0.4, 0.5) is 0 Å². The molecular weight excluding hydrogens is 288 g/mol.